The first-order valence-electron chi connectivity index (χ1n) is 9.76. The number of carboxylic acid groups (broad SMARTS) is 1. The Hall–Kier alpha value is -3.40. The van der Waals surface area contributed by atoms with Gasteiger partial charge < -0.3 is 9.67 Å². The Balaban J connectivity index is 1.53. The first-order chi connectivity index (χ1) is 14.0. The molecule has 1 aromatic heterocycles. The van der Waals surface area contributed by atoms with Gasteiger partial charge in [-0.2, -0.15) is 0 Å². The third kappa shape index (κ3) is 6.04. The molecule has 0 atom stereocenters. The van der Waals surface area contributed by atoms with Crippen LogP contribution < -0.4 is 0 Å². The van der Waals surface area contributed by atoms with Crippen LogP contribution >= 0.6 is 0 Å². The van der Waals surface area contributed by atoms with E-state index in [1.807, 2.05) is 84.6 Å². The molecule has 3 rings (SSSR count). The van der Waals surface area contributed by atoms with Crippen molar-refractivity contribution in [2.75, 3.05) is 0 Å². The minimum absolute atomic E-state index is 0.0393. The van der Waals surface area contributed by atoms with Crippen LogP contribution in [0.5, 0.6) is 0 Å². The normalized spacial score (nSPS) is 11.1. The number of carboxylic acids is 1. The van der Waals surface area contributed by atoms with Crippen molar-refractivity contribution in [1.82, 2.24) is 4.57 Å². The Morgan fingerprint density at radius 3 is 2.59 bits per heavy atom. The van der Waals surface area contributed by atoms with Gasteiger partial charge >= 0.3 is 5.97 Å². The van der Waals surface area contributed by atoms with Crippen LogP contribution in [0, 0.1) is 6.92 Å². The summed E-state index contributed by atoms with van der Waals surface area (Å²) in [6, 6.07) is 17.4. The van der Waals surface area contributed by atoms with Gasteiger partial charge in [0.05, 0.1) is 0 Å². The summed E-state index contributed by atoms with van der Waals surface area (Å²) in [6.45, 7) is 2.79. The highest BCUT2D eigenvalue weighted by atomic mass is 16.4. The zero-order valence-corrected chi connectivity index (χ0v) is 16.5. The van der Waals surface area contributed by atoms with E-state index in [0.29, 0.717) is 17.5 Å². The van der Waals surface area contributed by atoms with Crippen LogP contribution in [0.2, 0.25) is 0 Å². The summed E-state index contributed by atoms with van der Waals surface area (Å²) in [7, 11) is 0. The smallest absolute Gasteiger partial charge is 0.303 e. The van der Waals surface area contributed by atoms with E-state index in [9.17, 15) is 9.59 Å². The highest BCUT2D eigenvalue weighted by molar-refractivity contribution is 6.08. The molecule has 0 aliphatic carbocycles. The van der Waals surface area contributed by atoms with Gasteiger partial charge in [-0.15, -0.1) is 0 Å². The maximum atomic E-state index is 12.5. The Labute approximate surface area is 171 Å². The van der Waals surface area contributed by atoms with Crippen LogP contribution in [-0.4, -0.2) is 21.4 Å². The molecule has 4 heteroatoms. The van der Waals surface area contributed by atoms with Gasteiger partial charge in [-0.05, 0) is 37.0 Å². The van der Waals surface area contributed by atoms with Crippen LogP contribution in [0.4, 0.5) is 0 Å². The Kier molecular flexibility index (Phi) is 6.80. The van der Waals surface area contributed by atoms with Crippen molar-refractivity contribution in [3.8, 4) is 0 Å². The zero-order chi connectivity index (χ0) is 20.6. The van der Waals surface area contributed by atoms with E-state index < -0.39 is 5.97 Å². The van der Waals surface area contributed by atoms with Gasteiger partial charge in [-0.3, -0.25) is 9.59 Å². The minimum atomic E-state index is -0.780. The van der Waals surface area contributed by atoms with Crippen LogP contribution in [0.25, 0.3) is 6.08 Å². The fraction of sp³-hybridized carbons (Fsp3) is 0.200. The monoisotopic (exact) mass is 387 g/mol. The number of nitrogens with zero attached hydrogens (tertiary/aromatic N) is 1. The number of benzene rings is 2. The predicted molar refractivity (Wildman–Crippen MR) is 115 cm³/mol. The molecule has 0 saturated carbocycles. The molecule has 0 spiro atoms. The first-order valence-corrected chi connectivity index (χ1v) is 9.76. The summed E-state index contributed by atoms with van der Waals surface area (Å²) in [4.78, 5) is 23.3. The molecule has 2 aromatic carbocycles. The van der Waals surface area contributed by atoms with Crippen molar-refractivity contribution in [1.29, 1.82) is 0 Å². The number of hydrogen-bond acceptors (Lipinski definition) is 2. The molecule has 0 fully saturated rings. The van der Waals surface area contributed by atoms with Crippen molar-refractivity contribution in [3.63, 3.8) is 0 Å². The molecule has 0 aliphatic rings. The van der Waals surface area contributed by atoms with Crippen molar-refractivity contribution >= 4 is 17.8 Å². The van der Waals surface area contributed by atoms with Crippen LogP contribution in [0.1, 0.15) is 45.5 Å². The molecule has 0 bridgehead atoms. The largest absolute Gasteiger partial charge is 0.481 e. The molecular formula is C25H25NO3. The van der Waals surface area contributed by atoms with Gasteiger partial charge in [0.1, 0.15) is 0 Å². The molecule has 1 heterocycles. The second kappa shape index (κ2) is 9.69. The molecule has 29 heavy (non-hydrogen) atoms. The van der Waals surface area contributed by atoms with E-state index in [-0.39, 0.29) is 12.2 Å². The minimum Gasteiger partial charge on any atom is -0.481 e. The summed E-state index contributed by atoms with van der Waals surface area (Å²) in [6.07, 6.45) is 9.49. The third-order valence-electron chi connectivity index (χ3n) is 4.77. The molecular weight excluding hydrogens is 362 g/mol. The van der Waals surface area contributed by atoms with E-state index >= 15 is 0 Å². The average Bonchev–Trinajstić information content (AvgIpc) is 3.19. The van der Waals surface area contributed by atoms with Crippen LogP contribution in [0.3, 0.4) is 0 Å². The topological polar surface area (TPSA) is 59.3 Å². The van der Waals surface area contributed by atoms with E-state index in [1.54, 1.807) is 0 Å². The molecule has 148 valence electrons. The standard InChI is InChI=1S/C25H25NO3/c1-19-8-11-22(12-9-19)25(29)23-14-16-26(18-23)15-3-2-5-20-6-4-7-21(17-20)10-13-24(27)28/h2,4-9,11-12,14,16-18H,3,10,13,15H2,1H3,(H,27,28)/b5-2+. The second-order valence-electron chi connectivity index (χ2n) is 7.16. The Bertz CT molecular complexity index is 1010. The summed E-state index contributed by atoms with van der Waals surface area (Å²) in [5.74, 6) is -0.740. The lowest BCUT2D eigenvalue weighted by atomic mass is 10.0. The molecule has 0 saturated heterocycles. The van der Waals surface area contributed by atoms with Gasteiger partial charge in [-0.25, -0.2) is 0 Å². The van der Waals surface area contributed by atoms with E-state index in [4.69, 9.17) is 5.11 Å². The first kappa shape index (κ1) is 20.3. The molecule has 0 aliphatic heterocycles. The fourth-order valence-electron chi connectivity index (χ4n) is 3.13. The van der Waals surface area contributed by atoms with Crippen molar-refractivity contribution in [3.05, 3.63) is 101 Å². The highest BCUT2D eigenvalue weighted by Crippen LogP contribution is 2.13. The van der Waals surface area contributed by atoms with Gasteiger partial charge in [-0.1, -0.05) is 66.2 Å². The number of hydrogen-bond donors (Lipinski definition) is 1. The van der Waals surface area contributed by atoms with E-state index in [2.05, 4.69) is 6.08 Å². The van der Waals surface area contributed by atoms with Crippen LogP contribution in [-0.2, 0) is 17.8 Å². The SMILES string of the molecule is Cc1ccc(C(=O)c2ccn(CC/C=C/c3cccc(CCC(=O)O)c3)c2)cc1. The Morgan fingerprint density at radius 1 is 1.03 bits per heavy atom. The summed E-state index contributed by atoms with van der Waals surface area (Å²) >= 11 is 0. The van der Waals surface area contributed by atoms with Gasteiger partial charge in [0, 0.05) is 36.5 Å². The summed E-state index contributed by atoms with van der Waals surface area (Å²) < 4.78 is 2.02. The number of rotatable bonds is 9. The second-order valence-corrected chi connectivity index (χ2v) is 7.16. The lowest BCUT2D eigenvalue weighted by molar-refractivity contribution is -0.136. The number of ketones is 1. The lowest BCUT2D eigenvalue weighted by Crippen LogP contribution is -2.00. The van der Waals surface area contributed by atoms with Crippen molar-refractivity contribution in [2.24, 2.45) is 0 Å². The number of aryl methyl sites for hydroxylation is 3. The molecule has 1 N–H and O–H groups in total. The Morgan fingerprint density at radius 2 is 1.83 bits per heavy atom. The summed E-state index contributed by atoms with van der Waals surface area (Å²) in [5.41, 5.74) is 4.63. The van der Waals surface area contributed by atoms with Gasteiger partial charge in [0.25, 0.3) is 0 Å². The quantitative estimate of drug-likeness (QED) is 0.517. The fourth-order valence-corrected chi connectivity index (χ4v) is 3.13. The summed E-state index contributed by atoms with van der Waals surface area (Å²) in [5, 5.41) is 8.80. The van der Waals surface area contributed by atoms with E-state index in [1.165, 1.54) is 0 Å². The van der Waals surface area contributed by atoms with Crippen LogP contribution in [0.15, 0.2) is 73.1 Å². The predicted octanol–water partition coefficient (Wildman–Crippen LogP) is 5.15. The van der Waals surface area contributed by atoms with Crippen molar-refractivity contribution < 1.29 is 14.7 Å². The number of carbonyl (C=O) groups excluding carboxylic acids is 1. The molecule has 4 nitrogen and oxygen atoms in total. The molecule has 0 unspecified atom stereocenters. The molecule has 0 amide bonds. The molecule has 0 radical (unpaired) electrons. The van der Waals surface area contributed by atoms with Gasteiger partial charge in [0.2, 0.25) is 0 Å². The van der Waals surface area contributed by atoms with Crippen molar-refractivity contribution in [2.45, 2.75) is 32.7 Å². The number of allylic oxidation sites excluding steroid dienone is 1. The highest BCUT2D eigenvalue weighted by Gasteiger charge is 2.10. The number of aliphatic carboxylic acids is 1. The number of carbonyl (C=O) groups is 2. The molecule has 3 aromatic rings. The van der Waals surface area contributed by atoms with Gasteiger partial charge in [0.15, 0.2) is 5.78 Å². The maximum absolute atomic E-state index is 12.5. The van der Waals surface area contributed by atoms with E-state index in [0.717, 1.165) is 29.7 Å². The number of aromatic nitrogens is 1. The zero-order valence-electron chi connectivity index (χ0n) is 16.5. The average molecular weight is 387 g/mol. The lowest BCUT2D eigenvalue weighted by Gasteiger charge is -2.02. The maximum Gasteiger partial charge on any atom is 0.303 e. The third-order valence-corrected chi connectivity index (χ3v) is 4.77.